The minimum absolute atomic E-state index is 0.0805. The van der Waals surface area contributed by atoms with Crippen LogP contribution in [-0.2, 0) is 28.4 Å². The minimum atomic E-state index is -1.60. The van der Waals surface area contributed by atoms with E-state index >= 15 is 0 Å². The fourth-order valence-electron chi connectivity index (χ4n) is 12.0. The largest absolute Gasteiger partial charge is 0.390 e. The van der Waals surface area contributed by atoms with Gasteiger partial charge in [-0.15, -0.1) is 0 Å². The van der Waals surface area contributed by atoms with Crippen molar-refractivity contribution < 1.29 is 74.4 Å². The normalized spacial score (nSPS) is 48.2. The van der Waals surface area contributed by atoms with Crippen LogP contribution in [0.5, 0.6) is 0 Å². The van der Waals surface area contributed by atoms with Crippen molar-refractivity contribution >= 4 is 0 Å². The van der Waals surface area contributed by atoms with Crippen molar-refractivity contribution in [2.24, 2.45) is 40.4 Å². The molecule has 0 bridgehead atoms. The molecule has 0 amide bonds. The van der Waals surface area contributed by atoms with Gasteiger partial charge in [0.15, 0.2) is 12.6 Å². The Hall–Kier alpha value is -0.860. The molecule has 0 radical (unpaired) electrons. The van der Waals surface area contributed by atoms with E-state index in [9.17, 15) is 46.0 Å². The van der Waals surface area contributed by atoms with Crippen LogP contribution in [0.15, 0.2) is 11.1 Å². The van der Waals surface area contributed by atoms with Crippen LogP contribution in [0.4, 0.5) is 0 Å². The monoisotopic (exact) mass is 802 g/mol. The first kappa shape index (κ1) is 44.7. The average molecular weight is 803 g/mol. The molecule has 56 heavy (non-hydrogen) atoms. The van der Waals surface area contributed by atoms with E-state index in [-0.39, 0.29) is 31.0 Å². The van der Waals surface area contributed by atoms with E-state index in [0.717, 1.165) is 43.3 Å². The molecule has 0 aromatic heterocycles. The summed E-state index contributed by atoms with van der Waals surface area (Å²) < 4.78 is 35.1. The molecule has 4 aliphatic carbocycles. The summed E-state index contributed by atoms with van der Waals surface area (Å²) in [5, 5.41) is 100. The lowest BCUT2D eigenvalue weighted by molar-refractivity contribution is -0.226. The summed E-state index contributed by atoms with van der Waals surface area (Å²) in [6.45, 7) is 10.6. The second-order valence-corrected chi connectivity index (χ2v) is 18.8. The molecule has 9 N–H and O–H groups in total. The third-order valence-electron chi connectivity index (χ3n) is 14.8. The van der Waals surface area contributed by atoms with Crippen molar-refractivity contribution in [3.63, 3.8) is 0 Å². The van der Waals surface area contributed by atoms with Crippen LogP contribution >= 0.6 is 0 Å². The maximum atomic E-state index is 11.9. The number of aliphatic hydroxyl groups excluding tert-OH is 9. The summed E-state index contributed by atoms with van der Waals surface area (Å²) in [6, 6.07) is 0. The Balaban J connectivity index is 1.31. The number of methoxy groups -OCH3 is 2. The van der Waals surface area contributed by atoms with Crippen LogP contribution in [0, 0.1) is 40.4 Å². The van der Waals surface area contributed by atoms with Crippen LogP contribution in [0.25, 0.3) is 0 Å². The van der Waals surface area contributed by atoms with Gasteiger partial charge in [-0.25, -0.2) is 0 Å². The molecule has 15 nitrogen and oxygen atoms in total. The van der Waals surface area contributed by atoms with Gasteiger partial charge in [0.25, 0.3) is 0 Å². The Bertz CT molecular complexity index is 1350. The number of hydrogen-bond donors (Lipinski definition) is 9. The molecular weight excluding hydrogens is 732 g/mol. The van der Waals surface area contributed by atoms with Crippen LogP contribution in [0.2, 0.25) is 0 Å². The highest BCUT2D eigenvalue weighted by atomic mass is 16.8. The van der Waals surface area contributed by atoms with Crippen molar-refractivity contribution in [3.8, 4) is 0 Å². The molecule has 2 heterocycles. The second-order valence-electron chi connectivity index (χ2n) is 18.8. The molecule has 0 spiro atoms. The van der Waals surface area contributed by atoms with Gasteiger partial charge in [0, 0.05) is 20.1 Å². The Morgan fingerprint density at radius 2 is 1.36 bits per heavy atom. The molecule has 6 rings (SSSR count). The van der Waals surface area contributed by atoms with Gasteiger partial charge >= 0.3 is 0 Å². The summed E-state index contributed by atoms with van der Waals surface area (Å²) in [4.78, 5) is 0. The van der Waals surface area contributed by atoms with Crippen LogP contribution in [0.3, 0.4) is 0 Å². The van der Waals surface area contributed by atoms with Gasteiger partial charge in [0.1, 0.15) is 54.9 Å². The van der Waals surface area contributed by atoms with Gasteiger partial charge in [0.05, 0.1) is 37.6 Å². The van der Waals surface area contributed by atoms with Gasteiger partial charge in [-0.2, -0.15) is 0 Å². The summed E-state index contributed by atoms with van der Waals surface area (Å²) >= 11 is 0. The van der Waals surface area contributed by atoms with Crippen molar-refractivity contribution in [2.45, 2.75) is 178 Å². The van der Waals surface area contributed by atoms with E-state index in [4.69, 9.17) is 28.4 Å². The highest BCUT2D eigenvalue weighted by Gasteiger charge is 2.65. The second kappa shape index (κ2) is 17.6. The molecule has 3 saturated carbocycles. The van der Waals surface area contributed by atoms with Crippen molar-refractivity contribution in [3.05, 3.63) is 11.1 Å². The average Bonchev–Trinajstić information content (AvgIpc) is 3.72. The molecule has 5 fully saturated rings. The van der Waals surface area contributed by atoms with Gasteiger partial charge in [-0.1, -0.05) is 59.5 Å². The molecule has 15 heteroatoms. The number of ether oxygens (including phenoxy) is 6. The predicted octanol–water partition coefficient (Wildman–Crippen LogP) is 0.373. The van der Waals surface area contributed by atoms with Gasteiger partial charge in [0.2, 0.25) is 0 Å². The maximum absolute atomic E-state index is 11.9. The summed E-state index contributed by atoms with van der Waals surface area (Å²) in [6.07, 6.45) is -12.9. The Labute approximate surface area is 330 Å². The van der Waals surface area contributed by atoms with E-state index in [1.54, 1.807) is 0 Å². The first-order valence-electron chi connectivity index (χ1n) is 20.9. The lowest BCUT2D eigenvalue weighted by atomic mass is 9.47. The molecule has 2 saturated heterocycles. The summed E-state index contributed by atoms with van der Waals surface area (Å²) in [5.74, 6) is -0.196. The lowest BCUT2D eigenvalue weighted by Crippen LogP contribution is -2.63. The highest BCUT2D eigenvalue weighted by Crippen LogP contribution is 2.66. The lowest BCUT2D eigenvalue weighted by Gasteiger charge is -2.60. The fourth-order valence-corrected chi connectivity index (χ4v) is 12.0. The zero-order chi connectivity index (χ0) is 41.0. The third kappa shape index (κ3) is 7.91. The fraction of sp³-hybridized carbons (Fsp3) is 0.951. The molecule has 0 aromatic carbocycles. The molecule has 0 unspecified atom stereocenters. The van der Waals surface area contributed by atoms with Crippen LogP contribution < -0.4 is 0 Å². The Morgan fingerprint density at radius 1 is 0.732 bits per heavy atom. The molecular formula is C41H70O15. The van der Waals surface area contributed by atoms with Crippen molar-refractivity contribution in [1.82, 2.24) is 0 Å². The summed E-state index contributed by atoms with van der Waals surface area (Å²) in [5.41, 5.74) is 0.851. The zero-order valence-electron chi connectivity index (χ0n) is 34.1. The number of rotatable bonds is 15. The first-order chi connectivity index (χ1) is 26.4. The van der Waals surface area contributed by atoms with Gasteiger partial charge < -0.3 is 74.4 Å². The Morgan fingerprint density at radius 3 is 2.00 bits per heavy atom. The van der Waals surface area contributed by atoms with Crippen LogP contribution in [-0.4, -0.2) is 165 Å². The number of aliphatic hydroxyl groups is 9. The van der Waals surface area contributed by atoms with E-state index in [1.165, 1.54) is 14.2 Å². The van der Waals surface area contributed by atoms with Gasteiger partial charge in [-0.3, -0.25) is 0 Å². The van der Waals surface area contributed by atoms with Crippen LogP contribution in [0.1, 0.15) is 86.0 Å². The molecule has 0 aromatic rings. The molecule has 6 aliphatic rings. The predicted molar refractivity (Wildman–Crippen MR) is 200 cm³/mol. The SMILES string of the molecule is COC[C@H](O)[C@@H]1O[C@@H](O[C@@H]2[C@@H](O)[C@H](O[C@@H]3CC4=C5[C@@H](O)[C@@H](O)[C@H]6[C@@H](O)[C@@H](O)CC[C@]6(C)[C@H]5CC[C@]4(C)[C@H]3[C@H](C)CCCC(C)C)O[C@H]2[C@@H](O)COC)[C@H](O)[C@H]1O. The van der Waals surface area contributed by atoms with Crippen molar-refractivity contribution in [1.29, 1.82) is 0 Å². The first-order valence-corrected chi connectivity index (χ1v) is 20.9. The quantitative estimate of drug-likeness (QED) is 0.102. The number of hydrogen-bond acceptors (Lipinski definition) is 15. The summed E-state index contributed by atoms with van der Waals surface area (Å²) in [7, 11) is 2.78. The molecule has 324 valence electrons. The van der Waals surface area contributed by atoms with Crippen molar-refractivity contribution in [2.75, 3.05) is 27.4 Å². The third-order valence-corrected chi connectivity index (χ3v) is 14.8. The van der Waals surface area contributed by atoms with E-state index in [2.05, 4.69) is 34.6 Å². The van der Waals surface area contributed by atoms with Gasteiger partial charge in [-0.05, 0) is 72.2 Å². The smallest absolute Gasteiger partial charge is 0.187 e. The Kier molecular flexibility index (Phi) is 14.1. The highest BCUT2D eigenvalue weighted by molar-refractivity contribution is 5.40. The zero-order valence-corrected chi connectivity index (χ0v) is 34.1. The topological polar surface area (TPSA) is 237 Å². The molecule has 2 aliphatic heterocycles. The van der Waals surface area contributed by atoms with E-state index in [1.807, 2.05) is 0 Å². The van der Waals surface area contributed by atoms with E-state index in [0.29, 0.717) is 25.2 Å². The standard InChI is InChI=1S/C41H70O15/c1-18(2)9-8-10-19(3)27-25(15-21-26-20(11-13-41(21,27)5)40(4)14-12-22(42)29(45)28(40)31(47)30(26)46)53-39-34(50)37(36(55-39)24(44)17-52-7)56-38-33(49)32(48)35(54-38)23(43)16-51-6/h18-20,22-25,27-39,42-50H,8-17H2,1-7H3/t19-,20+,22+,23+,24+,25-,27+,28-,29+,30-,31+,32-,33-,34-,35+,36+,37-,38+,39-,40-,41+/m1/s1. The maximum Gasteiger partial charge on any atom is 0.187 e. The van der Waals surface area contributed by atoms with E-state index < -0.39 is 109 Å². The molecule has 21 atom stereocenters. The minimum Gasteiger partial charge on any atom is -0.390 e. The number of fused-ring (bicyclic) bond motifs is 4.